The second-order valence-corrected chi connectivity index (χ2v) is 6.37. The third-order valence-corrected chi connectivity index (χ3v) is 4.47. The average Bonchev–Trinajstić information content (AvgIpc) is 2.98. The fourth-order valence-electron chi connectivity index (χ4n) is 3.07. The highest BCUT2D eigenvalue weighted by Gasteiger charge is 2.27. The number of nitrogens with one attached hydrogen (secondary N) is 1. The molecule has 0 aliphatic carbocycles. The summed E-state index contributed by atoms with van der Waals surface area (Å²) in [7, 11) is 0. The summed E-state index contributed by atoms with van der Waals surface area (Å²) in [5.41, 5.74) is 3.03. The molecule has 0 radical (unpaired) electrons. The molecular formula is C19H19ClN2O2. The minimum atomic E-state index is -0.361. The van der Waals surface area contributed by atoms with Crippen LogP contribution in [0.15, 0.2) is 48.5 Å². The number of anilines is 1. The monoisotopic (exact) mass is 342 g/mol. The lowest BCUT2D eigenvalue weighted by Gasteiger charge is -2.23. The average molecular weight is 343 g/mol. The number of rotatable bonds is 4. The molecule has 1 N–H and O–H groups in total. The Morgan fingerprint density at radius 2 is 1.88 bits per heavy atom. The van der Waals surface area contributed by atoms with E-state index in [1.54, 1.807) is 17.0 Å². The van der Waals surface area contributed by atoms with Gasteiger partial charge in [0.1, 0.15) is 0 Å². The highest BCUT2D eigenvalue weighted by Crippen LogP contribution is 2.29. The molecule has 0 fully saturated rings. The molecular weight excluding hydrogens is 324 g/mol. The largest absolute Gasteiger partial charge is 0.349 e. The van der Waals surface area contributed by atoms with Crippen molar-refractivity contribution in [2.24, 2.45) is 0 Å². The van der Waals surface area contributed by atoms with Crippen molar-refractivity contribution in [3.63, 3.8) is 0 Å². The van der Waals surface area contributed by atoms with Gasteiger partial charge in [-0.3, -0.25) is 9.59 Å². The topological polar surface area (TPSA) is 49.4 Å². The molecule has 0 saturated heterocycles. The third-order valence-electron chi connectivity index (χ3n) is 4.22. The maximum atomic E-state index is 12.8. The molecule has 1 aliphatic heterocycles. The predicted molar refractivity (Wildman–Crippen MR) is 95.1 cm³/mol. The zero-order chi connectivity index (χ0) is 17.1. The Morgan fingerprint density at radius 1 is 1.17 bits per heavy atom. The van der Waals surface area contributed by atoms with Crippen LogP contribution in [0.3, 0.4) is 0 Å². The van der Waals surface area contributed by atoms with Crippen molar-refractivity contribution in [1.29, 1.82) is 0 Å². The van der Waals surface area contributed by atoms with Crippen LogP contribution in [0.4, 0.5) is 5.69 Å². The van der Waals surface area contributed by atoms with Gasteiger partial charge in [-0.05, 0) is 35.7 Å². The summed E-state index contributed by atoms with van der Waals surface area (Å²) in [4.78, 5) is 26.1. The van der Waals surface area contributed by atoms with Gasteiger partial charge in [-0.2, -0.15) is 0 Å². The van der Waals surface area contributed by atoms with Gasteiger partial charge >= 0.3 is 0 Å². The summed E-state index contributed by atoms with van der Waals surface area (Å²) in [6, 6.07) is 14.8. The van der Waals surface area contributed by atoms with Gasteiger partial charge in [0, 0.05) is 24.2 Å². The number of benzene rings is 2. The van der Waals surface area contributed by atoms with E-state index in [4.69, 9.17) is 11.6 Å². The summed E-state index contributed by atoms with van der Waals surface area (Å²) in [5.74, 6) is -0.154. The van der Waals surface area contributed by atoms with Crippen LogP contribution in [0.1, 0.15) is 30.5 Å². The number of carbonyl (C=O) groups excluding carboxylic acids is 2. The number of halogens is 1. The summed E-state index contributed by atoms with van der Waals surface area (Å²) in [6.07, 6.45) is 1.09. The molecule has 1 heterocycles. The van der Waals surface area contributed by atoms with E-state index in [0.29, 0.717) is 11.6 Å². The van der Waals surface area contributed by atoms with Crippen molar-refractivity contribution in [2.75, 3.05) is 11.4 Å². The van der Waals surface area contributed by atoms with Crippen LogP contribution >= 0.6 is 11.6 Å². The second kappa shape index (κ2) is 7.05. The van der Waals surface area contributed by atoms with Crippen molar-refractivity contribution < 1.29 is 9.59 Å². The van der Waals surface area contributed by atoms with E-state index in [0.717, 1.165) is 17.7 Å². The predicted octanol–water partition coefficient (Wildman–Crippen LogP) is 3.50. The quantitative estimate of drug-likeness (QED) is 0.924. The molecule has 5 heteroatoms. The van der Waals surface area contributed by atoms with Gasteiger partial charge in [-0.15, -0.1) is 0 Å². The van der Waals surface area contributed by atoms with Gasteiger partial charge in [0.05, 0.1) is 12.5 Å². The Morgan fingerprint density at radius 3 is 2.58 bits per heavy atom. The van der Waals surface area contributed by atoms with Crippen LogP contribution in [0, 0.1) is 0 Å². The third kappa shape index (κ3) is 3.60. The maximum absolute atomic E-state index is 12.8. The first kappa shape index (κ1) is 16.5. The van der Waals surface area contributed by atoms with Crippen LogP contribution in [0.2, 0.25) is 5.02 Å². The molecule has 2 aromatic carbocycles. The fourth-order valence-corrected chi connectivity index (χ4v) is 3.20. The summed E-state index contributed by atoms with van der Waals surface area (Å²) in [5, 5.41) is 3.49. The summed E-state index contributed by atoms with van der Waals surface area (Å²) >= 11 is 5.93. The van der Waals surface area contributed by atoms with Crippen molar-refractivity contribution in [1.82, 2.24) is 5.32 Å². The molecule has 0 saturated carbocycles. The van der Waals surface area contributed by atoms with Crippen molar-refractivity contribution in [3.05, 3.63) is 64.7 Å². The Balaban J connectivity index is 1.79. The molecule has 1 aliphatic rings. The minimum absolute atomic E-state index is 0.00801. The number of nitrogens with zero attached hydrogens (tertiary/aromatic N) is 1. The van der Waals surface area contributed by atoms with E-state index in [1.807, 2.05) is 36.4 Å². The van der Waals surface area contributed by atoms with Crippen LogP contribution in [-0.4, -0.2) is 18.4 Å². The zero-order valence-electron chi connectivity index (χ0n) is 13.5. The lowest BCUT2D eigenvalue weighted by atomic mass is 10.0. The molecule has 0 spiro atoms. The van der Waals surface area contributed by atoms with Crippen molar-refractivity contribution in [2.45, 2.75) is 25.8 Å². The van der Waals surface area contributed by atoms with E-state index < -0.39 is 0 Å². The SMILES string of the molecule is CC(=O)NC(CC(=O)N1CCc2ccccc21)c1ccc(Cl)cc1. The molecule has 3 rings (SSSR count). The second-order valence-electron chi connectivity index (χ2n) is 5.93. The van der Waals surface area contributed by atoms with Gasteiger partial charge in [0.2, 0.25) is 11.8 Å². The first-order valence-corrected chi connectivity index (χ1v) is 8.33. The van der Waals surface area contributed by atoms with Gasteiger partial charge < -0.3 is 10.2 Å². The Labute approximate surface area is 146 Å². The molecule has 1 atom stereocenters. The summed E-state index contributed by atoms with van der Waals surface area (Å²) in [6.45, 7) is 2.14. The van der Waals surface area contributed by atoms with E-state index >= 15 is 0 Å². The van der Waals surface area contributed by atoms with E-state index in [1.165, 1.54) is 12.5 Å². The van der Waals surface area contributed by atoms with E-state index in [-0.39, 0.29) is 24.3 Å². The lowest BCUT2D eigenvalue weighted by Crippen LogP contribution is -2.35. The normalized spacial score (nSPS) is 14.2. The lowest BCUT2D eigenvalue weighted by molar-refractivity contribution is -0.121. The molecule has 124 valence electrons. The van der Waals surface area contributed by atoms with Crippen LogP contribution in [-0.2, 0) is 16.0 Å². The minimum Gasteiger partial charge on any atom is -0.349 e. The highest BCUT2D eigenvalue weighted by atomic mass is 35.5. The molecule has 0 bridgehead atoms. The van der Waals surface area contributed by atoms with Gasteiger partial charge in [0.25, 0.3) is 0 Å². The summed E-state index contributed by atoms with van der Waals surface area (Å²) < 4.78 is 0. The Kier molecular flexibility index (Phi) is 4.86. The maximum Gasteiger partial charge on any atom is 0.229 e. The Hall–Kier alpha value is -2.33. The van der Waals surface area contributed by atoms with Crippen LogP contribution < -0.4 is 10.2 Å². The number of amides is 2. The van der Waals surface area contributed by atoms with Gasteiger partial charge in [-0.25, -0.2) is 0 Å². The standard InChI is InChI=1S/C19H19ClN2O2/c1-13(23)21-17(14-6-8-16(20)9-7-14)12-19(24)22-11-10-15-4-2-3-5-18(15)22/h2-9,17H,10-12H2,1H3,(H,21,23). The number of para-hydroxylation sites is 1. The number of hydrogen-bond donors (Lipinski definition) is 1. The molecule has 4 nitrogen and oxygen atoms in total. The van der Waals surface area contributed by atoms with Crippen LogP contribution in [0.5, 0.6) is 0 Å². The van der Waals surface area contributed by atoms with Crippen molar-refractivity contribution in [3.8, 4) is 0 Å². The molecule has 1 unspecified atom stereocenters. The highest BCUT2D eigenvalue weighted by molar-refractivity contribution is 6.30. The van der Waals surface area contributed by atoms with Gasteiger partial charge in [-0.1, -0.05) is 41.9 Å². The van der Waals surface area contributed by atoms with E-state index in [2.05, 4.69) is 5.32 Å². The number of fused-ring (bicyclic) bond motifs is 1. The van der Waals surface area contributed by atoms with E-state index in [9.17, 15) is 9.59 Å². The first-order valence-electron chi connectivity index (χ1n) is 7.95. The van der Waals surface area contributed by atoms with Crippen LogP contribution in [0.25, 0.3) is 0 Å². The molecule has 24 heavy (non-hydrogen) atoms. The first-order chi connectivity index (χ1) is 11.5. The Bertz CT molecular complexity index is 758. The smallest absolute Gasteiger partial charge is 0.229 e. The fraction of sp³-hybridized carbons (Fsp3) is 0.263. The molecule has 2 aromatic rings. The van der Waals surface area contributed by atoms with Gasteiger partial charge in [0.15, 0.2) is 0 Å². The van der Waals surface area contributed by atoms with Crippen molar-refractivity contribution >= 4 is 29.1 Å². The molecule has 2 amide bonds. The zero-order valence-corrected chi connectivity index (χ0v) is 14.2. The molecule has 0 aromatic heterocycles. The number of carbonyl (C=O) groups is 2. The number of hydrogen-bond acceptors (Lipinski definition) is 2.